The highest BCUT2D eigenvalue weighted by Crippen LogP contribution is 2.04. The molecule has 12 heavy (non-hydrogen) atoms. The number of hydrogen-bond donors (Lipinski definition) is 0. The van der Waals surface area contributed by atoms with E-state index in [4.69, 9.17) is 0 Å². The van der Waals surface area contributed by atoms with Gasteiger partial charge in [-0.2, -0.15) is 0 Å². The van der Waals surface area contributed by atoms with Crippen LogP contribution in [0.15, 0.2) is 23.6 Å². The van der Waals surface area contributed by atoms with Crippen molar-refractivity contribution in [3.8, 4) is 11.5 Å². The summed E-state index contributed by atoms with van der Waals surface area (Å²) in [5.41, 5.74) is 3.31. The summed E-state index contributed by atoms with van der Waals surface area (Å²) in [5, 5.41) is 2.44. The molecule has 0 aromatic rings. The standard InChI is InChI=1S/C11H18Si/c1-9(2)7-8-12(10(3)4)11(5)6/h9,12H,3,5H2,1-2,4,6H3. The van der Waals surface area contributed by atoms with Crippen LogP contribution in [0.1, 0.15) is 27.7 Å². The fourth-order valence-corrected chi connectivity index (χ4v) is 2.75. The van der Waals surface area contributed by atoms with Gasteiger partial charge < -0.3 is 0 Å². The molecule has 0 amide bonds. The molecule has 0 radical (unpaired) electrons. The van der Waals surface area contributed by atoms with Crippen molar-refractivity contribution in [3.05, 3.63) is 23.6 Å². The lowest BCUT2D eigenvalue weighted by Gasteiger charge is -2.06. The third-order valence-electron chi connectivity index (χ3n) is 1.50. The van der Waals surface area contributed by atoms with E-state index in [1.54, 1.807) is 0 Å². The highest BCUT2D eigenvalue weighted by Gasteiger charge is 2.08. The molecule has 0 fully saturated rings. The Morgan fingerprint density at radius 3 is 1.83 bits per heavy atom. The highest BCUT2D eigenvalue weighted by molar-refractivity contribution is 6.80. The van der Waals surface area contributed by atoms with Crippen molar-refractivity contribution in [3.63, 3.8) is 0 Å². The monoisotopic (exact) mass is 178 g/mol. The van der Waals surface area contributed by atoms with E-state index in [0.29, 0.717) is 5.92 Å². The normalized spacial score (nSPS) is 9.50. The number of rotatable bonds is 2. The zero-order chi connectivity index (χ0) is 9.72. The van der Waals surface area contributed by atoms with Crippen LogP contribution in [0.25, 0.3) is 0 Å². The van der Waals surface area contributed by atoms with Gasteiger partial charge in [-0.3, -0.25) is 0 Å². The fraction of sp³-hybridized carbons (Fsp3) is 0.455. The van der Waals surface area contributed by atoms with Gasteiger partial charge in [0, 0.05) is 5.92 Å². The zero-order valence-electron chi connectivity index (χ0n) is 8.57. The molecule has 0 bridgehead atoms. The maximum absolute atomic E-state index is 3.95. The highest BCUT2D eigenvalue weighted by atomic mass is 28.3. The van der Waals surface area contributed by atoms with E-state index >= 15 is 0 Å². The van der Waals surface area contributed by atoms with E-state index in [2.05, 4.69) is 52.3 Å². The van der Waals surface area contributed by atoms with Crippen molar-refractivity contribution in [1.82, 2.24) is 0 Å². The Morgan fingerprint density at radius 1 is 1.17 bits per heavy atom. The van der Waals surface area contributed by atoms with Gasteiger partial charge in [-0.1, -0.05) is 24.2 Å². The Balaban J connectivity index is 4.48. The SMILES string of the molecule is C=C(C)[SiH](C#CC(C)C)C(=C)C. The topological polar surface area (TPSA) is 0 Å². The molecule has 0 nitrogen and oxygen atoms in total. The van der Waals surface area contributed by atoms with Crippen LogP contribution in [0.4, 0.5) is 0 Å². The molecule has 0 aliphatic heterocycles. The molecule has 0 aliphatic carbocycles. The van der Waals surface area contributed by atoms with Gasteiger partial charge in [-0.25, -0.2) is 0 Å². The summed E-state index contributed by atoms with van der Waals surface area (Å²) in [7, 11) is -1.19. The van der Waals surface area contributed by atoms with Crippen molar-refractivity contribution >= 4 is 8.80 Å². The first-order valence-corrected chi connectivity index (χ1v) is 6.00. The summed E-state index contributed by atoms with van der Waals surface area (Å²) in [4.78, 5) is 0. The van der Waals surface area contributed by atoms with E-state index in [1.165, 1.54) is 10.4 Å². The summed E-state index contributed by atoms with van der Waals surface area (Å²) in [6.45, 7) is 16.2. The summed E-state index contributed by atoms with van der Waals surface area (Å²) in [5.74, 6) is 3.66. The summed E-state index contributed by atoms with van der Waals surface area (Å²) < 4.78 is 0. The van der Waals surface area contributed by atoms with E-state index in [9.17, 15) is 0 Å². The second-order valence-electron chi connectivity index (χ2n) is 3.57. The summed E-state index contributed by atoms with van der Waals surface area (Å²) >= 11 is 0. The van der Waals surface area contributed by atoms with Gasteiger partial charge in [-0.05, 0) is 13.8 Å². The minimum atomic E-state index is -1.19. The lowest BCUT2D eigenvalue weighted by molar-refractivity contribution is 0.867. The Labute approximate surface area is 78.0 Å². The molecule has 0 rings (SSSR count). The van der Waals surface area contributed by atoms with E-state index < -0.39 is 8.80 Å². The van der Waals surface area contributed by atoms with E-state index in [-0.39, 0.29) is 0 Å². The molecule has 0 aliphatic rings. The molecule has 0 unspecified atom stereocenters. The minimum Gasteiger partial charge on any atom is -0.125 e. The van der Waals surface area contributed by atoms with Crippen LogP contribution < -0.4 is 0 Å². The maximum atomic E-state index is 3.95. The van der Waals surface area contributed by atoms with Crippen molar-refractivity contribution in [2.24, 2.45) is 5.92 Å². The third kappa shape index (κ3) is 4.20. The predicted octanol–water partition coefficient (Wildman–Crippen LogP) is 2.64. The molecule has 0 aromatic heterocycles. The number of hydrogen-bond acceptors (Lipinski definition) is 0. The second kappa shape index (κ2) is 5.00. The minimum absolute atomic E-state index is 0.457. The van der Waals surface area contributed by atoms with Crippen LogP contribution in [0.3, 0.4) is 0 Å². The number of allylic oxidation sites excluding steroid dienone is 2. The van der Waals surface area contributed by atoms with Crippen LogP contribution in [0, 0.1) is 17.4 Å². The fourth-order valence-electron chi connectivity index (χ4n) is 0.917. The Hall–Kier alpha value is -0.743. The van der Waals surface area contributed by atoms with E-state index in [1.807, 2.05) is 0 Å². The van der Waals surface area contributed by atoms with Crippen LogP contribution in [0.2, 0.25) is 0 Å². The smallest absolute Gasteiger partial charge is 0.125 e. The first kappa shape index (κ1) is 11.3. The van der Waals surface area contributed by atoms with Crippen LogP contribution in [0.5, 0.6) is 0 Å². The van der Waals surface area contributed by atoms with Gasteiger partial charge in [0.1, 0.15) is 0 Å². The van der Waals surface area contributed by atoms with Crippen LogP contribution in [-0.4, -0.2) is 8.80 Å². The van der Waals surface area contributed by atoms with Gasteiger partial charge in [0.25, 0.3) is 0 Å². The molecule has 0 saturated carbocycles. The lowest BCUT2D eigenvalue weighted by Crippen LogP contribution is -2.13. The van der Waals surface area contributed by atoms with Crippen molar-refractivity contribution in [1.29, 1.82) is 0 Å². The van der Waals surface area contributed by atoms with Crippen LogP contribution >= 0.6 is 0 Å². The van der Waals surface area contributed by atoms with Gasteiger partial charge in [0.05, 0.1) is 0 Å². The summed E-state index contributed by atoms with van der Waals surface area (Å²) in [6.07, 6.45) is 0. The Morgan fingerprint density at radius 2 is 1.58 bits per heavy atom. The molecule has 0 saturated heterocycles. The first-order valence-electron chi connectivity index (χ1n) is 4.27. The van der Waals surface area contributed by atoms with Gasteiger partial charge in [0.15, 0.2) is 8.80 Å². The Kier molecular flexibility index (Phi) is 4.69. The molecular weight excluding hydrogens is 160 g/mol. The van der Waals surface area contributed by atoms with Gasteiger partial charge in [0.2, 0.25) is 0 Å². The van der Waals surface area contributed by atoms with Crippen molar-refractivity contribution in [2.45, 2.75) is 27.7 Å². The van der Waals surface area contributed by atoms with Gasteiger partial charge >= 0.3 is 0 Å². The third-order valence-corrected chi connectivity index (χ3v) is 3.93. The van der Waals surface area contributed by atoms with Crippen LogP contribution in [-0.2, 0) is 0 Å². The maximum Gasteiger partial charge on any atom is 0.174 e. The second-order valence-corrected chi connectivity index (χ2v) is 6.69. The molecule has 0 aromatic carbocycles. The zero-order valence-corrected chi connectivity index (χ0v) is 9.72. The lowest BCUT2D eigenvalue weighted by atomic mass is 10.2. The molecule has 66 valence electrons. The molecular formula is C11H18Si. The average Bonchev–Trinajstić information content (AvgIpc) is 1.84. The summed E-state index contributed by atoms with van der Waals surface area (Å²) in [6, 6.07) is 0. The molecule has 0 atom stereocenters. The van der Waals surface area contributed by atoms with Crippen molar-refractivity contribution in [2.75, 3.05) is 0 Å². The molecule has 0 N–H and O–H groups in total. The molecule has 0 heterocycles. The first-order chi connectivity index (χ1) is 5.45. The predicted molar refractivity (Wildman–Crippen MR) is 59.4 cm³/mol. The largest absolute Gasteiger partial charge is 0.174 e. The average molecular weight is 178 g/mol. The Bertz CT molecular complexity index is 223. The van der Waals surface area contributed by atoms with Gasteiger partial charge in [-0.15, -0.1) is 24.6 Å². The quantitative estimate of drug-likeness (QED) is 0.450. The van der Waals surface area contributed by atoms with E-state index in [0.717, 1.165) is 0 Å². The molecule has 0 spiro atoms. The molecule has 1 heteroatoms. The van der Waals surface area contributed by atoms with Crippen molar-refractivity contribution < 1.29 is 0 Å².